The Kier molecular flexibility index (Phi) is 5.94. The molecule has 1 amide bonds. The number of nitrogens with zero attached hydrogens (tertiary/aromatic N) is 4. The van der Waals surface area contributed by atoms with E-state index in [1.54, 1.807) is 29.4 Å². The molecule has 1 aliphatic heterocycles. The van der Waals surface area contributed by atoms with E-state index < -0.39 is 17.2 Å². The number of likely N-dealkylation sites (tertiary alicyclic amines) is 1. The monoisotopic (exact) mass is 445 g/mol. The summed E-state index contributed by atoms with van der Waals surface area (Å²) in [4.78, 5) is 30.8. The van der Waals surface area contributed by atoms with Gasteiger partial charge in [-0.05, 0) is 37.1 Å². The van der Waals surface area contributed by atoms with Crippen LogP contribution in [0, 0.1) is 11.6 Å². The molecule has 1 aromatic carbocycles. The minimum Gasteiger partial charge on any atom is -0.380 e. The molecule has 0 atom stereocenters. The number of carbonyl (C=O) groups is 1. The smallest absolute Gasteiger partial charge is 0.292 e. The van der Waals surface area contributed by atoms with Crippen molar-refractivity contribution in [3.8, 4) is 5.69 Å². The van der Waals surface area contributed by atoms with Crippen LogP contribution in [0.4, 0.5) is 14.5 Å². The van der Waals surface area contributed by atoms with Gasteiger partial charge in [-0.3, -0.25) is 14.6 Å². The van der Waals surface area contributed by atoms with Gasteiger partial charge in [0.25, 0.3) is 11.5 Å². The maximum Gasteiger partial charge on any atom is 0.292 e. The molecule has 0 unspecified atom stereocenters. The average Bonchev–Trinajstić information content (AvgIpc) is 2.78. The zero-order valence-electron chi connectivity index (χ0n) is 16.3. The fourth-order valence-corrected chi connectivity index (χ4v) is 3.67. The maximum atomic E-state index is 14.0. The lowest BCUT2D eigenvalue weighted by molar-refractivity contribution is 0.0718. The predicted octanol–water partition coefficient (Wildman–Crippen LogP) is 3.28. The van der Waals surface area contributed by atoms with Gasteiger partial charge in [-0.15, -0.1) is 0 Å². The third kappa shape index (κ3) is 4.41. The molecule has 1 N–H and O–H groups in total. The first-order chi connectivity index (χ1) is 14.9. The highest BCUT2D eigenvalue weighted by molar-refractivity contribution is 6.33. The Morgan fingerprint density at radius 3 is 2.52 bits per heavy atom. The number of piperidine rings is 1. The highest BCUT2D eigenvalue weighted by atomic mass is 35.5. The highest BCUT2D eigenvalue weighted by Gasteiger charge is 2.24. The van der Waals surface area contributed by atoms with E-state index in [0.29, 0.717) is 43.2 Å². The van der Waals surface area contributed by atoms with E-state index in [1.807, 2.05) is 0 Å². The number of aromatic nitrogens is 3. The summed E-state index contributed by atoms with van der Waals surface area (Å²) in [5, 5.41) is 7.01. The first kappa shape index (κ1) is 20.9. The van der Waals surface area contributed by atoms with Crippen molar-refractivity contribution in [2.75, 3.05) is 18.4 Å². The molecule has 160 valence electrons. The molecule has 7 nitrogen and oxygen atoms in total. The van der Waals surface area contributed by atoms with E-state index in [4.69, 9.17) is 11.6 Å². The second-order valence-corrected chi connectivity index (χ2v) is 7.51. The Bertz CT molecular complexity index is 1160. The third-order valence-corrected chi connectivity index (χ3v) is 5.49. The Balaban J connectivity index is 1.44. The molecule has 3 aromatic rings. The van der Waals surface area contributed by atoms with E-state index in [9.17, 15) is 18.4 Å². The molecule has 0 radical (unpaired) electrons. The molecular weight excluding hydrogens is 428 g/mol. The van der Waals surface area contributed by atoms with Gasteiger partial charge in [0.2, 0.25) is 0 Å². The normalized spacial score (nSPS) is 14.5. The highest BCUT2D eigenvalue weighted by Crippen LogP contribution is 2.23. The van der Waals surface area contributed by atoms with E-state index in [-0.39, 0.29) is 22.7 Å². The van der Waals surface area contributed by atoms with Crippen LogP contribution in [-0.4, -0.2) is 44.7 Å². The largest absolute Gasteiger partial charge is 0.380 e. The topological polar surface area (TPSA) is 80.1 Å². The third-order valence-electron chi connectivity index (χ3n) is 5.13. The van der Waals surface area contributed by atoms with Gasteiger partial charge in [-0.1, -0.05) is 11.6 Å². The van der Waals surface area contributed by atoms with Crippen molar-refractivity contribution in [2.24, 2.45) is 0 Å². The van der Waals surface area contributed by atoms with Crippen molar-refractivity contribution in [1.82, 2.24) is 19.7 Å². The number of benzene rings is 1. The van der Waals surface area contributed by atoms with E-state index in [0.717, 1.165) is 16.8 Å². The first-order valence-corrected chi connectivity index (χ1v) is 10.0. The molecule has 10 heteroatoms. The van der Waals surface area contributed by atoms with Gasteiger partial charge in [0.15, 0.2) is 5.82 Å². The molecular formula is C21H18ClF2N5O2. The lowest BCUT2D eigenvalue weighted by Crippen LogP contribution is -2.42. The van der Waals surface area contributed by atoms with Crippen LogP contribution in [0.3, 0.4) is 0 Å². The minimum atomic E-state index is -0.919. The van der Waals surface area contributed by atoms with E-state index in [1.165, 1.54) is 6.20 Å². The van der Waals surface area contributed by atoms with Crippen LogP contribution >= 0.6 is 11.6 Å². The summed E-state index contributed by atoms with van der Waals surface area (Å²) in [5.41, 5.74) is -0.0000978. The molecule has 31 heavy (non-hydrogen) atoms. The summed E-state index contributed by atoms with van der Waals surface area (Å²) in [7, 11) is 0. The predicted molar refractivity (Wildman–Crippen MR) is 112 cm³/mol. The summed E-state index contributed by atoms with van der Waals surface area (Å²) in [6.07, 6.45) is 5.81. The quantitative estimate of drug-likeness (QED) is 0.666. The summed E-state index contributed by atoms with van der Waals surface area (Å²) in [5.74, 6) is -1.73. The van der Waals surface area contributed by atoms with Crippen LogP contribution in [0.5, 0.6) is 0 Å². The van der Waals surface area contributed by atoms with E-state index >= 15 is 0 Å². The van der Waals surface area contributed by atoms with Crippen molar-refractivity contribution in [3.05, 3.63) is 81.5 Å². The summed E-state index contributed by atoms with van der Waals surface area (Å²) in [6.45, 7) is 1.09. The number of amides is 1. The Labute approximate surface area is 181 Å². The zero-order valence-corrected chi connectivity index (χ0v) is 17.0. The summed E-state index contributed by atoms with van der Waals surface area (Å²) in [6, 6.07) is 6.17. The van der Waals surface area contributed by atoms with Crippen LogP contribution < -0.4 is 10.9 Å². The van der Waals surface area contributed by atoms with Gasteiger partial charge in [-0.2, -0.15) is 9.78 Å². The minimum absolute atomic E-state index is 0.0152. The standard InChI is InChI=1S/C21H18ClF2N5O2/c22-19-17(12-26-29(21(19)31)18-2-1-14(23)11-16(18)24)27-15-5-9-28(10-6-15)20(30)13-3-7-25-8-4-13/h1-4,7-8,11-12,15,27H,5-6,9-10H2. The molecule has 3 heterocycles. The second kappa shape index (κ2) is 8.81. The average molecular weight is 446 g/mol. The van der Waals surface area contributed by atoms with Gasteiger partial charge >= 0.3 is 0 Å². The second-order valence-electron chi connectivity index (χ2n) is 7.13. The SMILES string of the molecule is O=C(c1ccncc1)N1CCC(Nc2cnn(-c3ccc(F)cc3F)c(=O)c2Cl)CC1. The van der Waals surface area contributed by atoms with Crippen molar-refractivity contribution in [1.29, 1.82) is 0 Å². The number of halogens is 3. The van der Waals surface area contributed by atoms with Crippen molar-refractivity contribution < 1.29 is 13.6 Å². The summed E-state index contributed by atoms with van der Waals surface area (Å²) >= 11 is 6.21. The Morgan fingerprint density at radius 1 is 1.13 bits per heavy atom. The molecule has 0 aliphatic carbocycles. The Morgan fingerprint density at radius 2 is 1.84 bits per heavy atom. The fourth-order valence-electron chi connectivity index (χ4n) is 3.48. The lowest BCUT2D eigenvalue weighted by Gasteiger charge is -2.33. The van der Waals surface area contributed by atoms with Crippen molar-refractivity contribution >= 4 is 23.2 Å². The van der Waals surface area contributed by atoms with Gasteiger partial charge in [0.05, 0.1) is 11.9 Å². The number of pyridine rings is 1. The fraction of sp³-hybridized carbons (Fsp3) is 0.238. The molecule has 1 aliphatic rings. The molecule has 0 spiro atoms. The van der Waals surface area contributed by atoms with Crippen LogP contribution in [0.2, 0.25) is 5.02 Å². The zero-order chi connectivity index (χ0) is 22.0. The molecule has 4 rings (SSSR count). The van der Waals surface area contributed by atoms with Crippen LogP contribution in [0.25, 0.3) is 5.69 Å². The number of rotatable bonds is 4. The number of hydrogen-bond donors (Lipinski definition) is 1. The maximum absolute atomic E-state index is 14.0. The number of hydrogen-bond acceptors (Lipinski definition) is 5. The van der Waals surface area contributed by atoms with Crippen molar-refractivity contribution in [2.45, 2.75) is 18.9 Å². The molecule has 0 bridgehead atoms. The van der Waals surface area contributed by atoms with Gasteiger partial charge < -0.3 is 10.2 Å². The molecule has 1 saturated heterocycles. The molecule has 2 aromatic heterocycles. The number of nitrogens with one attached hydrogen (secondary N) is 1. The first-order valence-electron chi connectivity index (χ1n) is 9.63. The van der Waals surface area contributed by atoms with Gasteiger partial charge in [0.1, 0.15) is 16.5 Å². The number of anilines is 1. The molecule has 1 fully saturated rings. The van der Waals surface area contributed by atoms with Gasteiger partial charge in [0, 0.05) is 43.2 Å². The Hall–Kier alpha value is -3.33. The lowest BCUT2D eigenvalue weighted by atomic mass is 10.0. The van der Waals surface area contributed by atoms with Crippen LogP contribution in [0.1, 0.15) is 23.2 Å². The van der Waals surface area contributed by atoms with Gasteiger partial charge in [-0.25, -0.2) is 8.78 Å². The van der Waals surface area contributed by atoms with Crippen LogP contribution in [-0.2, 0) is 0 Å². The van der Waals surface area contributed by atoms with Crippen LogP contribution in [0.15, 0.2) is 53.7 Å². The van der Waals surface area contributed by atoms with E-state index in [2.05, 4.69) is 15.4 Å². The molecule has 0 saturated carbocycles. The van der Waals surface area contributed by atoms with Crippen molar-refractivity contribution in [3.63, 3.8) is 0 Å². The summed E-state index contributed by atoms with van der Waals surface area (Å²) < 4.78 is 27.9. The number of carbonyl (C=O) groups excluding carboxylic acids is 1.